The summed E-state index contributed by atoms with van der Waals surface area (Å²) in [7, 11) is 0. The molecule has 0 nitrogen and oxygen atoms in total. The molecule has 0 amide bonds. The first kappa shape index (κ1) is 13.5. The largest absolute Gasteiger partial charge is 0.0988 e. The van der Waals surface area contributed by atoms with Crippen molar-refractivity contribution in [3.63, 3.8) is 0 Å². The number of hydrogen-bond acceptors (Lipinski definition) is 0. The second-order valence-electron chi connectivity index (χ2n) is 4.28. The summed E-state index contributed by atoms with van der Waals surface area (Å²) in [5, 5.41) is 0. The molecule has 17 heavy (non-hydrogen) atoms. The van der Waals surface area contributed by atoms with Crippen LogP contribution in [-0.4, -0.2) is 0 Å². The van der Waals surface area contributed by atoms with Gasteiger partial charge in [0.15, 0.2) is 0 Å². The monoisotopic (exact) mass is 226 g/mol. The van der Waals surface area contributed by atoms with Crippen LogP contribution in [0.3, 0.4) is 0 Å². The molecule has 1 aromatic rings. The van der Waals surface area contributed by atoms with Gasteiger partial charge in [0, 0.05) is 0 Å². The fourth-order valence-corrected chi connectivity index (χ4v) is 1.76. The van der Waals surface area contributed by atoms with Gasteiger partial charge in [0.1, 0.15) is 0 Å². The van der Waals surface area contributed by atoms with Crippen molar-refractivity contribution in [2.75, 3.05) is 0 Å². The molecule has 0 saturated carbocycles. The van der Waals surface area contributed by atoms with Crippen LogP contribution < -0.4 is 0 Å². The molecule has 0 aliphatic rings. The molecule has 0 atom stereocenters. The minimum Gasteiger partial charge on any atom is -0.0988 e. The molecule has 1 aromatic carbocycles. The molecule has 0 saturated heterocycles. The number of benzene rings is 1. The highest BCUT2D eigenvalue weighted by atomic mass is 14.1. The fourth-order valence-electron chi connectivity index (χ4n) is 1.76. The zero-order valence-electron chi connectivity index (χ0n) is 11.2. The molecule has 1 rings (SSSR count). The van der Waals surface area contributed by atoms with Gasteiger partial charge < -0.3 is 0 Å². The molecule has 0 aromatic heterocycles. The minimum atomic E-state index is 1.12. The van der Waals surface area contributed by atoms with Gasteiger partial charge in [-0.25, -0.2) is 0 Å². The van der Waals surface area contributed by atoms with Crippen LogP contribution in [0.1, 0.15) is 39.2 Å². The van der Waals surface area contributed by atoms with Crippen LogP contribution in [-0.2, 0) is 0 Å². The summed E-state index contributed by atoms with van der Waals surface area (Å²) in [5.74, 6) is 0. The van der Waals surface area contributed by atoms with E-state index in [0.717, 1.165) is 6.42 Å². The Hall–Kier alpha value is -1.56. The van der Waals surface area contributed by atoms with Gasteiger partial charge in [-0.2, -0.15) is 0 Å². The Kier molecular flexibility index (Phi) is 5.48. The normalized spacial score (nSPS) is 13.2. The molecule has 0 fully saturated rings. The van der Waals surface area contributed by atoms with E-state index in [-0.39, 0.29) is 0 Å². The highest BCUT2D eigenvalue weighted by molar-refractivity contribution is 5.79. The Morgan fingerprint density at radius 1 is 1.18 bits per heavy atom. The topological polar surface area (TPSA) is 0 Å². The van der Waals surface area contributed by atoms with Crippen molar-refractivity contribution in [1.82, 2.24) is 0 Å². The fraction of sp³-hybridized carbons (Fsp3) is 0.294. The molecule has 0 bridgehead atoms. The minimum absolute atomic E-state index is 1.12. The lowest BCUT2D eigenvalue weighted by Gasteiger charge is -2.11. The van der Waals surface area contributed by atoms with Crippen LogP contribution in [0.25, 0.3) is 5.57 Å². The van der Waals surface area contributed by atoms with E-state index in [9.17, 15) is 0 Å². The average Bonchev–Trinajstić information content (AvgIpc) is 2.39. The predicted molar refractivity (Wildman–Crippen MR) is 77.9 cm³/mol. The molecule has 0 heteroatoms. The molecule has 0 aliphatic heterocycles. The molecule has 0 radical (unpaired) electrons. The molecule has 0 spiro atoms. The Labute approximate surface area is 105 Å². The van der Waals surface area contributed by atoms with Gasteiger partial charge in [0.25, 0.3) is 0 Å². The summed E-state index contributed by atoms with van der Waals surface area (Å²) in [6.07, 6.45) is 6.55. The Morgan fingerprint density at radius 3 is 2.35 bits per heavy atom. The van der Waals surface area contributed by atoms with E-state index in [0.29, 0.717) is 0 Å². The van der Waals surface area contributed by atoms with E-state index in [1.807, 2.05) is 6.08 Å². The number of unbranched alkanes of at least 4 members (excludes halogenated alkanes) is 1. The molecular weight excluding hydrogens is 204 g/mol. The second kappa shape index (κ2) is 6.90. The van der Waals surface area contributed by atoms with Crippen LogP contribution in [0, 0.1) is 0 Å². The molecule has 0 heterocycles. The lowest BCUT2D eigenvalue weighted by molar-refractivity contribution is 0.959. The van der Waals surface area contributed by atoms with Gasteiger partial charge in [-0.05, 0) is 42.6 Å². The van der Waals surface area contributed by atoms with Crippen molar-refractivity contribution in [2.24, 2.45) is 0 Å². The Morgan fingerprint density at radius 2 is 1.82 bits per heavy atom. The Bertz CT molecular complexity index is 419. The maximum absolute atomic E-state index is 3.85. The second-order valence-corrected chi connectivity index (χ2v) is 4.28. The SMILES string of the molecule is C=C/C(C)=C(C)\C(=C/CCC)c1ccccc1. The number of hydrogen-bond donors (Lipinski definition) is 0. The lowest BCUT2D eigenvalue weighted by Crippen LogP contribution is -1.89. The quantitative estimate of drug-likeness (QED) is 0.590. The lowest BCUT2D eigenvalue weighted by atomic mass is 9.94. The summed E-state index contributed by atoms with van der Waals surface area (Å²) in [6.45, 7) is 10.3. The van der Waals surface area contributed by atoms with Crippen LogP contribution in [0.4, 0.5) is 0 Å². The predicted octanol–water partition coefficient (Wildman–Crippen LogP) is 5.39. The first-order valence-electron chi connectivity index (χ1n) is 6.26. The third-order valence-corrected chi connectivity index (χ3v) is 3.02. The number of allylic oxidation sites excluding steroid dienone is 5. The Balaban J connectivity index is 3.19. The van der Waals surface area contributed by atoms with Crippen molar-refractivity contribution in [2.45, 2.75) is 33.6 Å². The van der Waals surface area contributed by atoms with Crippen molar-refractivity contribution < 1.29 is 0 Å². The maximum atomic E-state index is 3.85. The zero-order valence-corrected chi connectivity index (χ0v) is 11.2. The van der Waals surface area contributed by atoms with E-state index < -0.39 is 0 Å². The highest BCUT2D eigenvalue weighted by Crippen LogP contribution is 2.26. The third-order valence-electron chi connectivity index (χ3n) is 3.02. The van der Waals surface area contributed by atoms with Gasteiger partial charge in [-0.3, -0.25) is 0 Å². The van der Waals surface area contributed by atoms with Crippen LogP contribution >= 0.6 is 0 Å². The first-order valence-corrected chi connectivity index (χ1v) is 6.26. The standard InChI is InChI=1S/C17H22/c1-5-7-13-17(15(4)14(3)6-2)16-11-9-8-10-12-16/h6,8-13H,2,5,7H2,1,3-4H3/b15-14-,17-13+. The van der Waals surface area contributed by atoms with Crippen molar-refractivity contribution >= 4 is 5.57 Å². The molecule has 90 valence electrons. The highest BCUT2D eigenvalue weighted by Gasteiger charge is 2.04. The smallest absolute Gasteiger partial charge is 0.0184 e. The summed E-state index contributed by atoms with van der Waals surface area (Å²) < 4.78 is 0. The van der Waals surface area contributed by atoms with E-state index in [1.165, 1.54) is 28.7 Å². The maximum Gasteiger partial charge on any atom is -0.0184 e. The average molecular weight is 226 g/mol. The van der Waals surface area contributed by atoms with Gasteiger partial charge in [-0.1, -0.05) is 62.4 Å². The van der Waals surface area contributed by atoms with Gasteiger partial charge in [0.05, 0.1) is 0 Å². The summed E-state index contributed by atoms with van der Waals surface area (Å²) in [4.78, 5) is 0. The molecule has 0 aliphatic carbocycles. The van der Waals surface area contributed by atoms with Crippen molar-refractivity contribution in [1.29, 1.82) is 0 Å². The van der Waals surface area contributed by atoms with E-state index in [1.54, 1.807) is 0 Å². The molecular formula is C17H22. The molecule has 0 N–H and O–H groups in total. The molecule has 0 unspecified atom stereocenters. The van der Waals surface area contributed by atoms with Crippen LogP contribution in [0.15, 0.2) is 60.2 Å². The van der Waals surface area contributed by atoms with Crippen molar-refractivity contribution in [3.8, 4) is 0 Å². The van der Waals surface area contributed by atoms with Gasteiger partial charge in [-0.15, -0.1) is 0 Å². The van der Waals surface area contributed by atoms with Gasteiger partial charge >= 0.3 is 0 Å². The summed E-state index contributed by atoms with van der Waals surface area (Å²) in [6, 6.07) is 10.6. The third kappa shape index (κ3) is 3.74. The number of rotatable bonds is 5. The van der Waals surface area contributed by atoms with Crippen LogP contribution in [0.5, 0.6) is 0 Å². The summed E-state index contributed by atoms with van der Waals surface area (Å²) in [5.41, 5.74) is 5.19. The van der Waals surface area contributed by atoms with E-state index in [4.69, 9.17) is 0 Å². The first-order chi connectivity index (χ1) is 8.20. The van der Waals surface area contributed by atoms with E-state index >= 15 is 0 Å². The van der Waals surface area contributed by atoms with Crippen LogP contribution in [0.2, 0.25) is 0 Å². The van der Waals surface area contributed by atoms with E-state index in [2.05, 4.69) is 63.8 Å². The summed E-state index contributed by atoms with van der Waals surface area (Å²) >= 11 is 0. The van der Waals surface area contributed by atoms with Crippen molar-refractivity contribution in [3.05, 3.63) is 65.8 Å². The zero-order chi connectivity index (χ0) is 12.7. The van der Waals surface area contributed by atoms with Gasteiger partial charge in [0.2, 0.25) is 0 Å².